The first kappa shape index (κ1) is 23.7. The number of rotatable bonds is 4. The van der Waals surface area contributed by atoms with Gasteiger partial charge in [0.15, 0.2) is 17.5 Å². The molecule has 4 heteroatoms. The third-order valence-corrected chi connectivity index (χ3v) is 8.66. The number of hydrogen-bond donors (Lipinski definition) is 0. The highest BCUT2D eigenvalue weighted by Gasteiger charge is 2.14. The summed E-state index contributed by atoms with van der Waals surface area (Å²) in [5, 5.41) is 4.89. The third kappa shape index (κ3) is 4.35. The van der Waals surface area contributed by atoms with Crippen molar-refractivity contribution >= 4 is 42.3 Å². The predicted molar refractivity (Wildman–Crippen MR) is 172 cm³/mol. The molecule has 0 bridgehead atoms. The van der Waals surface area contributed by atoms with Gasteiger partial charge in [0.2, 0.25) is 0 Å². The van der Waals surface area contributed by atoms with Gasteiger partial charge in [-0.3, -0.25) is 0 Å². The van der Waals surface area contributed by atoms with E-state index in [1.807, 2.05) is 6.07 Å². The first-order chi connectivity index (χ1) is 20.3. The molecule has 0 amide bonds. The monoisotopic (exact) mass is 541 g/mol. The van der Waals surface area contributed by atoms with Crippen LogP contribution in [0, 0.1) is 0 Å². The smallest absolute Gasteiger partial charge is 0.164 e. The minimum atomic E-state index is 0.661. The van der Waals surface area contributed by atoms with E-state index in [1.165, 1.54) is 31.1 Å². The average molecular weight is 542 g/mol. The van der Waals surface area contributed by atoms with E-state index in [1.54, 1.807) is 11.3 Å². The summed E-state index contributed by atoms with van der Waals surface area (Å²) in [6, 6.07) is 48.7. The Kier molecular flexibility index (Phi) is 5.64. The number of benzene rings is 6. The molecular formula is C37H23N3S. The summed E-state index contributed by atoms with van der Waals surface area (Å²) >= 11 is 1.80. The highest BCUT2D eigenvalue weighted by atomic mass is 32.1. The standard InChI is InChI=1S/C37H23N3S/c1-2-8-24(9-3-1)26-14-17-27(18-15-26)35-38-36(29-19-16-25-10-4-5-11-28(25)22-29)40-37(39-35)30-20-21-32-31-12-6-7-13-33(31)41-34(32)23-30/h1-23H. The van der Waals surface area contributed by atoms with Crippen LogP contribution in [0.4, 0.5) is 0 Å². The molecule has 192 valence electrons. The molecule has 3 nitrogen and oxygen atoms in total. The van der Waals surface area contributed by atoms with Crippen LogP contribution in [0.15, 0.2) is 140 Å². The molecule has 0 saturated heterocycles. The van der Waals surface area contributed by atoms with Crippen LogP contribution >= 0.6 is 11.3 Å². The fourth-order valence-electron chi connectivity index (χ4n) is 5.40. The number of thiophene rings is 1. The molecule has 2 aromatic heterocycles. The van der Waals surface area contributed by atoms with Crippen molar-refractivity contribution in [3.63, 3.8) is 0 Å². The summed E-state index contributed by atoms with van der Waals surface area (Å²) in [5.41, 5.74) is 5.25. The van der Waals surface area contributed by atoms with Crippen LogP contribution < -0.4 is 0 Å². The van der Waals surface area contributed by atoms with Crippen molar-refractivity contribution in [1.82, 2.24) is 15.0 Å². The summed E-state index contributed by atoms with van der Waals surface area (Å²) in [4.78, 5) is 15.0. The van der Waals surface area contributed by atoms with Gasteiger partial charge in [-0.25, -0.2) is 15.0 Å². The van der Waals surface area contributed by atoms with Gasteiger partial charge in [-0.15, -0.1) is 11.3 Å². The minimum absolute atomic E-state index is 0.661. The van der Waals surface area contributed by atoms with Crippen molar-refractivity contribution in [2.24, 2.45) is 0 Å². The fourth-order valence-corrected chi connectivity index (χ4v) is 6.54. The van der Waals surface area contributed by atoms with Crippen LogP contribution in [0.1, 0.15) is 0 Å². The number of fused-ring (bicyclic) bond motifs is 4. The molecule has 6 aromatic carbocycles. The largest absolute Gasteiger partial charge is 0.208 e. The lowest BCUT2D eigenvalue weighted by Gasteiger charge is -2.10. The van der Waals surface area contributed by atoms with Crippen molar-refractivity contribution in [2.75, 3.05) is 0 Å². The maximum Gasteiger partial charge on any atom is 0.164 e. The van der Waals surface area contributed by atoms with E-state index >= 15 is 0 Å². The van der Waals surface area contributed by atoms with Crippen LogP contribution in [0.5, 0.6) is 0 Å². The zero-order valence-corrected chi connectivity index (χ0v) is 22.8. The van der Waals surface area contributed by atoms with Crippen LogP contribution in [0.2, 0.25) is 0 Å². The van der Waals surface area contributed by atoms with Gasteiger partial charge in [-0.1, -0.05) is 121 Å². The van der Waals surface area contributed by atoms with Crippen molar-refractivity contribution in [2.45, 2.75) is 0 Å². The molecule has 0 aliphatic rings. The van der Waals surface area contributed by atoms with Gasteiger partial charge < -0.3 is 0 Å². The highest BCUT2D eigenvalue weighted by Crippen LogP contribution is 2.36. The van der Waals surface area contributed by atoms with Crippen molar-refractivity contribution in [3.05, 3.63) is 140 Å². The summed E-state index contributed by atoms with van der Waals surface area (Å²) < 4.78 is 2.51. The Labute approximate surface area is 241 Å². The van der Waals surface area contributed by atoms with Gasteiger partial charge in [0.25, 0.3) is 0 Å². The Hall–Kier alpha value is -5.19. The lowest BCUT2D eigenvalue weighted by atomic mass is 10.0. The molecule has 2 heterocycles. The predicted octanol–water partition coefficient (Wildman–Crippen LogP) is 10.1. The van der Waals surface area contributed by atoms with Gasteiger partial charge >= 0.3 is 0 Å². The normalized spacial score (nSPS) is 11.4. The zero-order chi connectivity index (χ0) is 27.2. The second kappa shape index (κ2) is 9.77. The van der Waals surface area contributed by atoms with Crippen LogP contribution in [-0.4, -0.2) is 15.0 Å². The summed E-state index contributed by atoms with van der Waals surface area (Å²) in [5.74, 6) is 2.00. The molecule has 0 aliphatic carbocycles. The maximum atomic E-state index is 5.01. The Bertz CT molecular complexity index is 2200. The highest BCUT2D eigenvalue weighted by molar-refractivity contribution is 7.25. The van der Waals surface area contributed by atoms with Crippen molar-refractivity contribution < 1.29 is 0 Å². The first-order valence-electron chi connectivity index (χ1n) is 13.6. The average Bonchev–Trinajstić information content (AvgIpc) is 3.43. The number of hydrogen-bond acceptors (Lipinski definition) is 4. The first-order valence-corrected chi connectivity index (χ1v) is 14.4. The van der Waals surface area contributed by atoms with Gasteiger partial charge in [0.1, 0.15) is 0 Å². The zero-order valence-electron chi connectivity index (χ0n) is 22.0. The lowest BCUT2D eigenvalue weighted by Crippen LogP contribution is -2.00. The summed E-state index contributed by atoms with van der Waals surface area (Å²) in [7, 11) is 0. The van der Waals surface area contributed by atoms with Crippen LogP contribution in [0.25, 0.3) is 76.2 Å². The fraction of sp³-hybridized carbons (Fsp3) is 0. The molecule has 0 N–H and O–H groups in total. The molecular weight excluding hydrogens is 518 g/mol. The SMILES string of the molecule is c1ccc(-c2ccc(-c3nc(-c4ccc5ccccc5c4)nc(-c4ccc5c(c4)sc4ccccc45)n3)cc2)cc1. The molecule has 0 fully saturated rings. The van der Waals surface area contributed by atoms with Gasteiger partial charge in [0, 0.05) is 36.9 Å². The van der Waals surface area contributed by atoms with E-state index in [0.29, 0.717) is 17.5 Å². The van der Waals surface area contributed by atoms with E-state index in [4.69, 9.17) is 15.0 Å². The Morgan fingerprint density at radius 2 is 0.878 bits per heavy atom. The lowest BCUT2D eigenvalue weighted by molar-refractivity contribution is 1.08. The molecule has 0 aliphatic heterocycles. The summed E-state index contributed by atoms with van der Waals surface area (Å²) in [6.07, 6.45) is 0. The Balaban J connectivity index is 1.28. The molecule has 8 aromatic rings. The Morgan fingerprint density at radius 3 is 1.68 bits per heavy atom. The molecule has 0 unspecified atom stereocenters. The quantitative estimate of drug-likeness (QED) is 0.222. The third-order valence-electron chi connectivity index (χ3n) is 7.53. The molecule has 41 heavy (non-hydrogen) atoms. The van der Waals surface area contributed by atoms with Gasteiger partial charge in [0.05, 0.1) is 0 Å². The van der Waals surface area contributed by atoms with E-state index in [9.17, 15) is 0 Å². The molecule has 0 spiro atoms. The topological polar surface area (TPSA) is 38.7 Å². The molecule has 0 radical (unpaired) electrons. The van der Waals surface area contributed by atoms with Crippen molar-refractivity contribution in [3.8, 4) is 45.3 Å². The van der Waals surface area contributed by atoms with Gasteiger partial charge in [-0.2, -0.15) is 0 Å². The number of nitrogens with zero attached hydrogens (tertiary/aromatic N) is 3. The maximum absolute atomic E-state index is 5.01. The van der Waals surface area contributed by atoms with Crippen LogP contribution in [-0.2, 0) is 0 Å². The number of aromatic nitrogens is 3. The minimum Gasteiger partial charge on any atom is -0.208 e. The second-order valence-electron chi connectivity index (χ2n) is 10.1. The van der Waals surface area contributed by atoms with Crippen LogP contribution in [0.3, 0.4) is 0 Å². The summed E-state index contributed by atoms with van der Waals surface area (Å²) in [6.45, 7) is 0. The van der Waals surface area contributed by atoms with E-state index in [2.05, 4.69) is 133 Å². The van der Waals surface area contributed by atoms with Gasteiger partial charge in [-0.05, 0) is 40.1 Å². The second-order valence-corrected chi connectivity index (χ2v) is 11.2. The van der Waals surface area contributed by atoms with E-state index in [-0.39, 0.29) is 0 Å². The molecule has 0 saturated carbocycles. The molecule has 0 atom stereocenters. The van der Waals surface area contributed by atoms with E-state index < -0.39 is 0 Å². The Morgan fingerprint density at radius 1 is 0.341 bits per heavy atom. The molecule has 8 rings (SSSR count). The van der Waals surface area contributed by atoms with E-state index in [0.717, 1.165) is 27.6 Å². The van der Waals surface area contributed by atoms with Crippen molar-refractivity contribution in [1.29, 1.82) is 0 Å².